The molecule has 6 aliphatic rings. The lowest BCUT2D eigenvalue weighted by Crippen LogP contribution is -2.55. The minimum Gasteiger partial charge on any atom is -0.454 e. The average Bonchev–Trinajstić information content (AvgIpc) is 3.52. The molecule has 0 spiro atoms. The number of hydrogen-bond acceptors (Lipinski definition) is 10. The van der Waals surface area contributed by atoms with Crippen molar-refractivity contribution < 1.29 is 43.5 Å². The highest BCUT2D eigenvalue weighted by Crippen LogP contribution is 2.35. The van der Waals surface area contributed by atoms with Gasteiger partial charge < -0.3 is 44.3 Å². The molecule has 1 aliphatic carbocycles. The molecule has 7 rings (SSSR count). The van der Waals surface area contributed by atoms with E-state index in [9.17, 15) is 24.6 Å². The smallest absolute Gasteiger partial charge is 0.240 e. The van der Waals surface area contributed by atoms with E-state index in [1.165, 1.54) is 0 Å². The Kier molecular flexibility index (Phi) is 7.47. The third kappa shape index (κ3) is 5.55. The molecular weight excluding hydrogens is 548 g/mol. The Bertz CT molecular complexity index is 1230. The Labute approximate surface area is 243 Å². The van der Waals surface area contributed by atoms with Gasteiger partial charge in [-0.1, -0.05) is 6.07 Å². The van der Waals surface area contributed by atoms with Crippen LogP contribution in [0, 0.1) is 5.92 Å². The number of hydrogen-bond donors (Lipinski definition) is 3. The lowest BCUT2D eigenvalue weighted by atomic mass is 10.0. The lowest BCUT2D eigenvalue weighted by molar-refractivity contribution is -0.147. The zero-order valence-corrected chi connectivity index (χ0v) is 23.4. The third-order valence-corrected chi connectivity index (χ3v) is 9.24. The molecule has 0 aromatic heterocycles. The van der Waals surface area contributed by atoms with Gasteiger partial charge in [-0.25, -0.2) is 0 Å². The quantitative estimate of drug-likeness (QED) is 0.396. The van der Waals surface area contributed by atoms with Crippen LogP contribution in [0.5, 0.6) is 11.5 Å². The molecule has 1 aromatic rings. The van der Waals surface area contributed by atoms with Crippen LogP contribution in [-0.4, -0.2) is 131 Å². The molecule has 3 N–H and O–H groups in total. The van der Waals surface area contributed by atoms with Crippen LogP contribution in [0.2, 0.25) is 0 Å². The first kappa shape index (κ1) is 27.8. The van der Waals surface area contributed by atoms with Crippen molar-refractivity contribution in [3.63, 3.8) is 0 Å². The van der Waals surface area contributed by atoms with Gasteiger partial charge in [0.1, 0.15) is 18.3 Å². The number of rotatable bonds is 3. The third-order valence-electron chi connectivity index (χ3n) is 9.24. The minimum atomic E-state index is -1.25. The molecule has 1 aromatic carbocycles. The zero-order chi connectivity index (χ0) is 29.0. The molecule has 7 atom stereocenters. The van der Waals surface area contributed by atoms with E-state index in [0.29, 0.717) is 50.7 Å². The molecule has 5 heterocycles. The molecule has 5 fully saturated rings. The van der Waals surface area contributed by atoms with Gasteiger partial charge in [-0.3, -0.25) is 19.3 Å². The normalized spacial score (nSPS) is 35.4. The molecule has 5 aliphatic heterocycles. The topological polar surface area (TPSA) is 150 Å². The van der Waals surface area contributed by atoms with Gasteiger partial charge in [0.25, 0.3) is 0 Å². The number of carbonyl (C=O) groups is 3. The summed E-state index contributed by atoms with van der Waals surface area (Å²) in [4.78, 5) is 45.9. The number of aliphatic hydroxyl groups is 2. The minimum absolute atomic E-state index is 0.0257. The number of carbonyl (C=O) groups excluding carboxylic acids is 3. The standard InChI is InChI=1S/C29H38N4O9/c34-25-9-23-26(35)27(36)24(42-23)14-33(28(37)17-2-3-17)13-19-12-31(5-6-39-19)29(38)20-8-18(30-25)11-32(20)10-16-1-4-21-22(7-16)41-15-40-21/h1,4,7,17-20,23-24,26-27,35-36H,2-3,5-6,8-15H2,(H,30,34)/t18-,19-,20-,23-,24+,26-,27+/m0/s1. The van der Waals surface area contributed by atoms with Crippen LogP contribution in [0.4, 0.5) is 0 Å². The number of nitrogens with zero attached hydrogens (tertiary/aromatic N) is 3. The Morgan fingerprint density at radius 1 is 1.00 bits per heavy atom. The van der Waals surface area contributed by atoms with Gasteiger partial charge in [-0.05, 0) is 37.0 Å². The van der Waals surface area contributed by atoms with Gasteiger partial charge >= 0.3 is 0 Å². The fourth-order valence-corrected chi connectivity index (χ4v) is 6.87. The summed E-state index contributed by atoms with van der Waals surface area (Å²) in [6.45, 7) is 2.57. The highest BCUT2D eigenvalue weighted by atomic mass is 16.7. The molecular formula is C29H38N4O9. The summed E-state index contributed by atoms with van der Waals surface area (Å²) >= 11 is 0. The summed E-state index contributed by atoms with van der Waals surface area (Å²) in [6.07, 6.45) is -2.69. The van der Waals surface area contributed by atoms with Gasteiger partial charge in [0.15, 0.2) is 11.5 Å². The molecule has 6 bridgehead atoms. The number of amides is 3. The van der Waals surface area contributed by atoms with Crippen LogP contribution in [0.15, 0.2) is 18.2 Å². The molecule has 3 amide bonds. The van der Waals surface area contributed by atoms with Crippen molar-refractivity contribution in [2.75, 3.05) is 46.1 Å². The van der Waals surface area contributed by atoms with Gasteiger partial charge in [-0.2, -0.15) is 0 Å². The van der Waals surface area contributed by atoms with Crippen LogP contribution in [0.25, 0.3) is 0 Å². The summed E-state index contributed by atoms with van der Waals surface area (Å²) < 4.78 is 23.0. The summed E-state index contributed by atoms with van der Waals surface area (Å²) in [6, 6.07) is 4.99. The molecule has 13 heteroatoms. The van der Waals surface area contributed by atoms with E-state index in [1.807, 2.05) is 23.1 Å². The number of nitrogens with one attached hydrogen (secondary N) is 1. The maximum Gasteiger partial charge on any atom is 0.240 e. The summed E-state index contributed by atoms with van der Waals surface area (Å²) in [5, 5.41) is 24.5. The number of ether oxygens (including phenoxy) is 4. The van der Waals surface area contributed by atoms with E-state index in [1.54, 1.807) is 4.90 Å². The second kappa shape index (κ2) is 11.3. The van der Waals surface area contributed by atoms with Crippen LogP contribution >= 0.6 is 0 Å². The maximum atomic E-state index is 14.0. The second-order valence-electron chi connectivity index (χ2n) is 12.3. The summed E-state index contributed by atoms with van der Waals surface area (Å²) in [7, 11) is 0. The monoisotopic (exact) mass is 586 g/mol. The van der Waals surface area contributed by atoms with Crippen LogP contribution in [-0.2, 0) is 30.4 Å². The van der Waals surface area contributed by atoms with Gasteiger partial charge in [-0.15, -0.1) is 0 Å². The van der Waals surface area contributed by atoms with E-state index in [2.05, 4.69) is 10.2 Å². The first-order valence-corrected chi connectivity index (χ1v) is 14.9. The van der Waals surface area contributed by atoms with E-state index >= 15 is 0 Å². The maximum absolute atomic E-state index is 14.0. The largest absolute Gasteiger partial charge is 0.454 e. The first-order chi connectivity index (χ1) is 20.3. The van der Waals surface area contributed by atoms with E-state index < -0.39 is 36.6 Å². The van der Waals surface area contributed by atoms with Gasteiger partial charge in [0, 0.05) is 51.2 Å². The Hall–Kier alpha value is -2.97. The predicted octanol–water partition coefficient (Wildman–Crippen LogP) is -1.17. The molecule has 0 unspecified atom stereocenters. The second-order valence-corrected chi connectivity index (χ2v) is 12.3. The molecule has 42 heavy (non-hydrogen) atoms. The number of aliphatic hydroxyl groups excluding tert-OH is 2. The van der Waals surface area contributed by atoms with E-state index in [4.69, 9.17) is 18.9 Å². The number of likely N-dealkylation sites (tertiary alicyclic amines) is 1. The van der Waals surface area contributed by atoms with Crippen molar-refractivity contribution in [2.45, 2.75) is 74.8 Å². The highest BCUT2D eigenvalue weighted by Gasteiger charge is 2.47. The van der Waals surface area contributed by atoms with Crippen molar-refractivity contribution in [3.8, 4) is 11.5 Å². The fraction of sp³-hybridized carbons (Fsp3) is 0.690. The van der Waals surface area contributed by atoms with E-state index in [0.717, 1.165) is 18.4 Å². The number of morpholine rings is 1. The zero-order valence-electron chi connectivity index (χ0n) is 23.4. The van der Waals surface area contributed by atoms with Gasteiger partial charge in [0.05, 0.1) is 31.3 Å². The molecule has 13 nitrogen and oxygen atoms in total. The van der Waals surface area contributed by atoms with Crippen LogP contribution in [0.3, 0.4) is 0 Å². The SMILES string of the molecule is O=C1C[C@@H]2O[C@H](CN(C(=O)C3CC3)C[C@@H]3CN(CCO3)C(=O)[C@@H]3C[C@@H](CN3Cc3ccc4c(c3)OCO4)N1)[C@@H](O)[C@H]2O. The number of benzene rings is 1. The Morgan fingerprint density at radius 2 is 1.81 bits per heavy atom. The molecule has 1 saturated carbocycles. The predicted molar refractivity (Wildman–Crippen MR) is 144 cm³/mol. The molecule has 0 radical (unpaired) electrons. The highest BCUT2D eigenvalue weighted by molar-refractivity contribution is 5.83. The van der Waals surface area contributed by atoms with Crippen molar-refractivity contribution in [3.05, 3.63) is 23.8 Å². The Balaban J connectivity index is 1.15. The van der Waals surface area contributed by atoms with Crippen molar-refractivity contribution in [2.24, 2.45) is 5.92 Å². The number of fused-ring (bicyclic) bond motifs is 7. The van der Waals surface area contributed by atoms with Crippen molar-refractivity contribution >= 4 is 17.7 Å². The lowest BCUT2D eigenvalue weighted by Gasteiger charge is -2.38. The molecule has 4 saturated heterocycles. The van der Waals surface area contributed by atoms with Gasteiger partial charge in [0.2, 0.25) is 24.5 Å². The summed E-state index contributed by atoms with van der Waals surface area (Å²) in [5.74, 6) is 0.902. The first-order valence-electron chi connectivity index (χ1n) is 14.9. The molecule has 228 valence electrons. The van der Waals surface area contributed by atoms with Crippen molar-refractivity contribution in [1.29, 1.82) is 0 Å². The van der Waals surface area contributed by atoms with Crippen LogP contribution < -0.4 is 14.8 Å². The fourth-order valence-electron chi connectivity index (χ4n) is 6.87. The average molecular weight is 587 g/mol. The Morgan fingerprint density at radius 3 is 2.64 bits per heavy atom. The summed E-state index contributed by atoms with van der Waals surface area (Å²) in [5.41, 5.74) is 0.964. The van der Waals surface area contributed by atoms with Crippen molar-refractivity contribution in [1.82, 2.24) is 20.0 Å². The van der Waals surface area contributed by atoms with E-state index in [-0.39, 0.29) is 56.0 Å². The van der Waals surface area contributed by atoms with Crippen LogP contribution in [0.1, 0.15) is 31.2 Å².